The van der Waals surface area contributed by atoms with E-state index in [1.165, 1.54) is 6.26 Å². The van der Waals surface area contributed by atoms with Crippen LogP contribution in [0.25, 0.3) is 0 Å². The van der Waals surface area contributed by atoms with Gasteiger partial charge in [-0.1, -0.05) is 18.2 Å². The maximum atomic E-state index is 13.5. The van der Waals surface area contributed by atoms with E-state index in [4.69, 9.17) is 0 Å². The summed E-state index contributed by atoms with van der Waals surface area (Å²) in [4.78, 5) is 4.09. The number of hydrogen-bond acceptors (Lipinski definition) is 4. The third-order valence-electron chi connectivity index (χ3n) is 5.77. The summed E-state index contributed by atoms with van der Waals surface area (Å²) in [7, 11) is -3.28. The zero-order chi connectivity index (χ0) is 19.8. The topological polar surface area (TPSA) is 40.6 Å². The highest BCUT2D eigenvalue weighted by Crippen LogP contribution is 2.39. The maximum Gasteiger partial charge on any atom is 0.248 e. The van der Waals surface area contributed by atoms with Crippen LogP contribution >= 0.6 is 0 Å². The second-order valence-corrected chi connectivity index (χ2v) is 10.3. The molecule has 1 aliphatic heterocycles. The van der Waals surface area contributed by atoms with E-state index in [2.05, 4.69) is 0 Å². The molecule has 2 aliphatic rings. The van der Waals surface area contributed by atoms with Gasteiger partial charge in [0.1, 0.15) is 6.17 Å². The Morgan fingerprint density at radius 1 is 1.19 bits per heavy atom. The molecule has 0 aromatic heterocycles. The van der Waals surface area contributed by atoms with E-state index >= 15 is 0 Å². The molecule has 2 unspecified atom stereocenters. The van der Waals surface area contributed by atoms with Crippen LogP contribution in [0.3, 0.4) is 0 Å². The first-order chi connectivity index (χ1) is 12.6. The average molecular weight is 399 g/mol. The minimum Gasteiger partial charge on any atom is -0.354 e. The van der Waals surface area contributed by atoms with Crippen LogP contribution in [0.1, 0.15) is 39.5 Å². The lowest BCUT2D eigenvalue weighted by Crippen LogP contribution is -2.51. The van der Waals surface area contributed by atoms with Gasteiger partial charge < -0.3 is 9.80 Å². The molecular weight excluding hydrogens is 370 g/mol. The first-order valence-electron chi connectivity index (χ1n) is 9.44. The smallest absolute Gasteiger partial charge is 0.248 e. The molecule has 27 heavy (non-hydrogen) atoms. The highest BCUT2D eigenvalue weighted by Gasteiger charge is 2.42. The van der Waals surface area contributed by atoms with Gasteiger partial charge in [-0.25, -0.2) is 17.2 Å². The summed E-state index contributed by atoms with van der Waals surface area (Å²) in [6.45, 7) is 4.29. The van der Waals surface area contributed by atoms with Crippen LogP contribution in [-0.4, -0.2) is 43.5 Å². The third-order valence-corrected chi connectivity index (χ3v) is 7.37. The lowest BCUT2D eigenvalue weighted by atomic mass is 9.86. The number of allylic oxidation sites excluding steroid dienone is 1. The summed E-state index contributed by atoms with van der Waals surface area (Å²) >= 11 is 0. The number of para-hydroxylation sites is 1. The number of benzene rings is 1. The summed E-state index contributed by atoms with van der Waals surface area (Å²) in [6.07, 6.45) is 3.65. The molecule has 1 fully saturated rings. The van der Waals surface area contributed by atoms with Crippen LogP contribution in [0, 0.1) is 5.92 Å². The van der Waals surface area contributed by atoms with Crippen molar-refractivity contribution < 1.29 is 17.2 Å². The molecular formula is C20H28F2N2O2S. The fraction of sp³-hybridized carbons (Fsp3) is 0.600. The standard InChI is InChI=1S/C20H28F2N2O2S/c1-15-13-23(14-17-9-11-20(21,22)12-10-17)19(16(2)27(3,25)26)24(15)18-7-5-4-6-8-18/h4-8,13,16-17,19H,9-12,14H2,1-3H3. The minimum atomic E-state index is -3.28. The van der Waals surface area contributed by atoms with E-state index in [0.717, 1.165) is 11.4 Å². The van der Waals surface area contributed by atoms with Crippen LogP contribution in [0.5, 0.6) is 0 Å². The van der Waals surface area contributed by atoms with E-state index < -0.39 is 21.0 Å². The van der Waals surface area contributed by atoms with Crippen molar-refractivity contribution in [1.82, 2.24) is 4.90 Å². The van der Waals surface area contributed by atoms with Gasteiger partial charge in [0, 0.05) is 43.2 Å². The first-order valence-corrected chi connectivity index (χ1v) is 11.4. The van der Waals surface area contributed by atoms with Gasteiger partial charge >= 0.3 is 0 Å². The fourth-order valence-corrected chi connectivity index (χ4v) is 4.84. The average Bonchev–Trinajstić information content (AvgIpc) is 2.91. The molecule has 7 heteroatoms. The van der Waals surface area contributed by atoms with Gasteiger partial charge in [-0.3, -0.25) is 0 Å². The number of sulfone groups is 1. The van der Waals surface area contributed by atoms with Crippen LogP contribution in [0.2, 0.25) is 0 Å². The van der Waals surface area contributed by atoms with Gasteiger partial charge in [-0.2, -0.15) is 0 Å². The number of alkyl halides is 2. The van der Waals surface area contributed by atoms with Gasteiger partial charge in [0.05, 0.1) is 5.25 Å². The molecule has 1 saturated carbocycles. The Morgan fingerprint density at radius 2 is 1.78 bits per heavy atom. The Kier molecular flexibility index (Phi) is 5.52. The second-order valence-electron chi connectivity index (χ2n) is 7.92. The molecule has 2 atom stereocenters. The van der Waals surface area contributed by atoms with Gasteiger partial charge in [0.15, 0.2) is 9.84 Å². The molecule has 3 rings (SSSR count). The van der Waals surface area contributed by atoms with Crippen LogP contribution < -0.4 is 4.90 Å². The van der Waals surface area contributed by atoms with E-state index in [1.807, 2.05) is 53.3 Å². The Labute approximate surface area is 160 Å². The number of halogens is 2. The molecule has 0 radical (unpaired) electrons. The Morgan fingerprint density at radius 3 is 2.33 bits per heavy atom. The van der Waals surface area contributed by atoms with Gasteiger partial charge in [-0.05, 0) is 44.7 Å². The number of nitrogens with zero attached hydrogens (tertiary/aromatic N) is 2. The van der Waals surface area contributed by atoms with Gasteiger partial charge in [0.25, 0.3) is 0 Å². The van der Waals surface area contributed by atoms with Gasteiger partial charge in [0.2, 0.25) is 5.92 Å². The van der Waals surface area contributed by atoms with Crippen molar-refractivity contribution in [1.29, 1.82) is 0 Å². The summed E-state index contributed by atoms with van der Waals surface area (Å²) in [5.74, 6) is -2.40. The van der Waals surface area contributed by atoms with Crippen molar-refractivity contribution in [3.8, 4) is 0 Å². The SMILES string of the molecule is CC1=CN(CC2CCC(F)(F)CC2)C(C(C)S(C)(=O)=O)N1c1ccccc1. The maximum absolute atomic E-state index is 13.5. The Balaban J connectivity index is 1.86. The zero-order valence-corrected chi connectivity index (χ0v) is 16.9. The molecule has 0 N–H and O–H groups in total. The molecule has 1 heterocycles. The molecule has 0 saturated heterocycles. The quantitative estimate of drug-likeness (QED) is 0.743. The van der Waals surface area contributed by atoms with Crippen molar-refractivity contribution in [3.63, 3.8) is 0 Å². The molecule has 150 valence electrons. The highest BCUT2D eigenvalue weighted by atomic mass is 32.2. The van der Waals surface area contributed by atoms with Crippen molar-refractivity contribution in [3.05, 3.63) is 42.2 Å². The van der Waals surface area contributed by atoms with Crippen LogP contribution in [0.15, 0.2) is 42.2 Å². The van der Waals surface area contributed by atoms with Crippen molar-refractivity contribution in [2.45, 2.75) is 56.9 Å². The zero-order valence-electron chi connectivity index (χ0n) is 16.1. The number of anilines is 1. The first kappa shape index (κ1) is 20.1. The molecule has 1 aromatic carbocycles. The summed E-state index contributed by atoms with van der Waals surface area (Å²) in [6, 6.07) is 9.70. The predicted molar refractivity (Wildman–Crippen MR) is 104 cm³/mol. The van der Waals surface area contributed by atoms with Crippen LogP contribution in [-0.2, 0) is 9.84 Å². The molecule has 0 amide bonds. The molecule has 0 bridgehead atoms. The second kappa shape index (κ2) is 7.41. The van der Waals surface area contributed by atoms with E-state index in [0.29, 0.717) is 19.4 Å². The minimum absolute atomic E-state index is 0.0805. The summed E-state index contributed by atoms with van der Waals surface area (Å²) < 4.78 is 51.7. The van der Waals surface area contributed by atoms with Crippen molar-refractivity contribution in [2.24, 2.45) is 5.92 Å². The van der Waals surface area contributed by atoms with E-state index in [9.17, 15) is 17.2 Å². The van der Waals surface area contributed by atoms with E-state index in [-0.39, 0.29) is 24.9 Å². The largest absolute Gasteiger partial charge is 0.354 e. The lowest BCUT2D eigenvalue weighted by molar-refractivity contribution is -0.0482. The Hall–Kier alpha value is -1.63. The summed E-state index contributed by atoms with van der Waals surface area (Å²) in [5.41, 5.74) is 1.90. The van der Waals surface area contributed by atoms with Crippen molar-refractivity contribution >= 4 is 15.5 Å². The molecule has 1 aromatic rings. The van der Waals surface area contributed by atoms with Gasteiger partial charge in [-0.15, -0.1) is 0 Å². The van der Waals surface area contributed by atoms with Crippen molar-refractivity contribution in [2.75, 3.05) is 17.7 Å². The predicted octanol–water partition coefficient (Wildman–Crippen LogP) is 4.25. The van der Waals surface area contributed by atoms with E-state index in [1.54, 1.807) is 6.92 Å². The molecule has 1 aliphatic carbocycles. The number of rotatable bonds is 5. The monoisotopic (exact) mass is 398 g/mol. The highest BCUT2D eigenvalue weighted by molar-refractivity contribution is 7.91. The fourth-order valence-electron chi connectivity index (χ4n) is 4.12. The molecule has 0 spiro atoms. The Bertz CT molecular complexity index is 785. The third kappa shape index (κ3) is 4.45. The summed E-state index contributed by atoms with van der Waals surface area (Å²) in [5, 5.41) is -0.614. The molecule has 4 nitrogen and oxygen atoms in total. The number of hydrogen-bond donors (Lipinski definition) is 0. The van der Waals surface area contributed by atoms with Crippen LogP contribution in [0.4, 0.5) is 14.5 Å². The lowest BCUT2D eigenvalue weighted by Gasteiger charge is -2.39. The normalized spacial score (nSPS) is 24.8.